The first-order chi connectivity index (χ1) is 13.6. The number of carbonyl (C=O) groups excluding carboxylic acids is 1. The Bertz CT molecular complexity index is 793. The Morgan fingerprint density at radius 2 is 1.79 bits per heavy atom. The number of anilines is 1. The molecule has 1 amide bonds. The lowest BCUT2D eigenvalue weighted by atomic mass is 10.1. The number of hydrogen-bond acceptors (Lipinski definition) is 5. The molecule has 0 aromatic heterocycles. The molecule has 0 unspecified atom stereocenters. The van der Waals surface area contributed by atoms with Gasteiger partial charge in [-0.1, -0.05) is 18.2 Å². The Morgan fingerprint density at radius 3 is 2.43 bits per heavy atom. The van der Waals surface area contributed by atoms with Crippen LogP contribution in [0.15, 0.2) is 46.9 Å². The van der Waals surface area contributed by atoms with E-state index >= 15 is 0 Å². The number of carbonyl (C=O) groups is 1. The second-order valence-corrected chi connectivity index (χ2v) is 7.46. The summed E-state index contributed by atoms with van der Waals surface area (Å²) >= 11 is 3.42. The normalized spacial score (nSPS) is 14.6. The van der Waals surface area contributed by atoms with Gasteiger partial charge in [0.2, 0.25) is 0 Å². The number of para-hydroxylation sites is 1. The van der Waals surface area contributed by atoms with Gasteiger partial charge in [-0.25, -0.2) is 0 Å². The van der Waals surface area contributed by atoms with Crippen molar-refractivity contribution in [1.29, 1.82) is 0 Å². The minimum absolute atomic E-state index is 0.167. The van der Waals surface area contributed by atoms with Gasteiger partial charge in [0.1, 0.15) is 11.5 Å². The maximum atomic E-state index is 12.6. The van der Waals surface area contributed by atoms with Gasteiger partial charge < -0.3 is 19.7 Å². The van der Waals surface area contributed by atoms with Gasteiger partial charge in [0, 0.05) is 45.0 Å². The standard InChI is InChI=1S/C21H26BrN3O3/c1-27-17-14-18(20(28-2)19(22)15-17)21(26)23-8-9-24-10-12-25(13-11-24)16-6-4-3-5-7-16/h3-7,14-15H,8-13H2,1-2H3,(H,23,26). The third-order valence-corrected chi connectivity index (χ3v) is 5.50. The molecule has 0 saturated carbocycles. The van der Waals surface area contributed by atoms with Crippen LogP contribution in [0.1, 0.15) is 10.4 Å². The Balaban J connectivity index is 1.49. The van der Waals surface area contributed by atoms with E-state index in [-0.39, 0.29) is 5.91 Å². The van der Waals surface area contributed by atoms with Crippen LogP contribution in [0.5, 0.6) is 11.5 Å². The van der Waals surface area contributed by atoms with Crippen molar-refractivity contribution in [2.45, 2.75) is 0 Å². The zero-order valence-electron chi connectivity index (χ0n) is 16.3. The van der Waals surface area contributed by atoms with Crippen LogP contribution in [0.3, 0.4) is 0 Å². The van der Waals surface area contributed by atoms with Gasteiger partial charge >= 0.3 is 0 Å². The van der Waals surface area contributed by atoms with Gasteiger partial charge in [0.25, 0.3) is 5.91 Å². The van der Waals surface area contributed by atoms with Crippen LogP contribution in [0.4, 0.5) is 5.69 Å². The molecule has 3 rings (SSSR count). The molecule has 0 spiro atoms. The summed E-state index contributed by atoms with van der Waals surface area (Å²) in [7, 11) is 3.13. The number of methoxy groups -OCH3 is 2. The average molecular weight is 448 g/mol. The second kappa shape index (κ2) is 9.80. The SMILES string of the molecule is COc1cc(Br)c(OC)c(C(=O)NCCN2CCN(c3ccccc3)CC2)c1. The number of nitrogens with zero attached hydrogens (tertiary/aromatic N) is 2. The lowest BCUT2D eigenvalue weighted by molar-refractivity contribution is 0.0944. The molecule has 28 heavy (non-hydrogen) atoms. The third-order valence-electron chi connectivity index (χ3n) is 4.91. The maximum Gasteiger partial charge on any atom is 0.255 e. The number of nitrogens with one attached hydrogen (secondary N) is 1. The molecule has 2 aromatic carbocycles. The van der Waals surface area contributed by atoms with Crippen LogP contribution in [0.25, 0.3) is 0 Å². The highest BCUT2D eigenvalue weighted by Crippen LogP contribution is 2.33. The van der Waals surface area contributed by atoms with E-state index in [1.54, 1.807) is 26.4 Å². The number of ether oxygens (including phenoxy) is 2. The fraction of sp³-hybridized carbons (Fsp3) is 0.381. The number of amides is 1. The number of rotatable bonds is 7. The summed E-state index contributed by atoms with van der Waals surface area (Å²) in [6.45, 7) is 5.37. The lowest BCUT2D eigenvalue weighted by Gasteiger charge is -2.36. The molecule has 0 aliphatic carbocycles. The molecular formula is C21H26BrN3O3. The largest absolute Gasteiger partial charge is 0.497 e. The quantitative estimate of drug-likeness (QED) is 0.706. The first kappa shape index (κ1) is 20.5. The molecule has 1 saturated heterocycles. The van der Waals surface area contributed by atoms with Crippen LogP contribution in [-0.4, -0.2) is 64.3 Å². The van der Waals surface area contributed by atoms with Crippen molar-refractivity contribution in [3.05, 3.63) is 52.5 Å². The van der Waals surface area contributed by atoms with E-state index in [4.69, 9.17) is 9.47 Å². The number of halogens is 1. The molecule has 0 bridgehead atoms. The zero-order valence-corrected chi connectivity index (χ0v) is 17.9. The van der Waals surface area contributed by atoms with E-state index in [1.807, 2.05) is 6.07 Å². The summed E-state index contributed by atoms with van der Waals surface area (Å²) in [4.78, 5) is 17.4. The van der Waals surface area contributed by atoms with Crippen molar-refractivity contribution in [2.24, 2.45) is 0 Å². The van der Waals surface area contributed by atoms with Crippen LogP contribution >= 0.6 is 15.9 Å². The van der Waals surface area contributed by atoms with E-state index in [1.165, 1.54) is 5.69 Å². The van der Waals surface area contributed by atoms with Gasteiger partial charge in [0.15, 0.2) is 0 Å². The van der Waals surface area contributed by atoms with Crippen LogP contribution in [-0.2, 0) is 0 Å². The molecule has 1 aliphatic heterocycles. The van der Waals surface area contributed by atoms with Gasteiger partial charge in [-0.2, -0.15) is 0 Å². The molecule has 150 valence electrons. The van der Waals surface area contributed by atoms with Crippen molar-refractivity contribution < 1.29 is 14.3 Å². The summed E-state index contributed by atoms with van der Waals surface area (Å²) in [6, 6.07) is 14.0. The minimum atomic E-state index is -0.167. The van der Waals surface area contributed by atoms with Crippen molar-refractivity contribution in [3.63, 3.8) is 0 Å². The van der Waals surface area contributed by atoms with E-state index in [2.05, 4.69) is 55.3 Å². The molecule has 1 N–H and O–H groups in total. The molecule has 0 atom stereocenters. The molecule has 1 fully saturated rings. The Kier molecular flexibility index (Phi) is 7.17. The fourth-order valence-corrected chi connectivity index (χ4v) is 3.95. The number of benzene rings is 2. The summed E-state index contributed by atoms with van der Waals surface area (Å²) in [5.41, 5.74) is 1.73. The van der Waals surface area contributed by atoms with Crippen molar-refractivity contribution in [1.82, 2.24) is 10.2 Å². The smallest absolute Gasteiger partial charge is 0.255 e. The third kappa shape index (κ3) is 4.97. The first-order valence-corrected chi connectivity index (χ1v) is 10.1. The van der Waals surface area contributed by atoms with Crippen LogP contribution < -0.4 is 19.7 Å². The first-order valence-electron chi connectivity index (χ1n) is 9.34. The fourth-order valence-electron chi connectivity index (χ4n) is 3.35. The minimum Gasteiger partial charge on any atom is -0.497 e. The molecule has 1 aliphatic rings. The molecule has 1 heterocycles. The summed E-state index contributed by atoms with van der Waals surface area (Å²) in [5.74, 6) is 0.948. The lowest BCUT2D eigenvalue weighted by Crippen LogP contribution is -2.48. The molecular weight excluding hydrogens is 422 g/mol. The Morgan fingerprint density at radius 1 is 1.07 bits per heavy atom. The topological polar surface area (TPSA) is 54.0 Å². The van der Waals surface area contributed by atoms with Crippen LogP contribution in [0, 0.1) is 0 Å². The van der Waals surface area contributed by atoms with Crippen molar-refractivity contribution in [3.8, 4) is 11.5 Å². The van der Waals surface area contributed by atoms with E-state index in [0.29, 0.717) is 28.1 Å². The highest BCUT2D eigenvalue weighted by Gasteiger charge is 2.19. The molecule has 6 nitrogen and oxygen atoms in total. The van der Waals surface area contributed by atoms with Crippen molar-refractivity contribution in [2.75, 3.05) is 58.4 Å². The second-order valence-electron chi connectivity index (χ2n) is 6.61. The average Bonchev–Trinajstić information content (AvgIpc) is 2.74. The molecule has 0 radical (unpaired) electrons. The maximum absolute atomic E-state index is 12.6. The highest BCUT2D eigenvalue weighted by atomic mass is 79.9. The van der Waals surface area contributed by atoms with Crippen LogP contribution in [0.2, 0.25) is 0 Å². The predicted molar refractivity (Wildman–Crippen MR) is 115 cm³/mol. The highest BCUT2D eigenvalue weighted by molar-refractivity contribution is 9.10. The molecule has 2 aromatic rings. The van der Waals surface area contributed by atoms with E-state index in [9.17, 15) is 4.79 Å². The number of piperazine rings is 1. The van der Waals surface area contributed by atoms with Gasteiger partial charge in [0.05, 0.1) is 24.3 Å². The summed E-state index contributed by atoms with van der Waals surface area (Å²) < 4.78 is 11.3. The van der Waals surface area contributed by atoms with Gasteiger partial charge in [-0.15, -0.1) is 0 Å². The van der Waals surface area contributed by atoms with Gasteiger partial charge in [-0.05, 0) is 40.2 Å². The number of hydrogen-bond donors (Lipinski definition) is 1. The molecule has 7 heteroatoms. The monoisotopic (exact) mass is 447 g/mol. The predicted octanol–water partition coefficient (Wildman–Crippen LogP) is 3.02. The Hall–Kier alpha value is -2.25. The van der Waals surface area contributed by atoms with E-state index in [0.717, 1.165) is 32.7 Å². The van der Waals surface area contributed by atoms with E-state index < -0.39 is 0 Å². The Labute approximate surface area is 174 Å². The van der Waals surface area contributed by atoms with Crippen molar-refractivity contribution >= 4 is 27.5 Å². The van der Waals surface area contributed by atoms with Gasteiger partial charge in [-0.3, -0.25) is 9.69 Å². The summed E-state index contributed by atoms with van der Waals surface area (Å²) in [5, 5.41) is 2.99. The summed E-state index contributed by atoms with van der Waals surface area (Å²) in [6.07, 6.45) is 0. The zero-order chi connectivity index (χ0) is 19.9.